The normalized spacial score (nSPS) is 11.9. The van der Waals surface area contributed by atoms with Crippen molar-refractivity contribution < 1.29 is 22.7 Å². The Bertz CT molecular complexity index is 1150. The maximum Gasteiger partial charge on any atom is 0.416 e. The van der Waals surface area contributed by atoms with Crippen molar-refractivity contribution in [1.29, 1.82) is 0 Å². The van der Waals surface area contributed by atoms with E-state index in [2.05, 4.69) is 4.98 Å². The highest BCUT2D eigenvalue weighted by Crippen LogP contribution is 2.31. The Morgan fingerprint density at radius 3 is 2.29 bits per heavy atom. The Kier molecular flexibility index (Phi) is 4.39. The lowest BCUT2D eigenvalue weighted by Gasteiger charge is -2.09. The van der Waals surface area contributed by atoms with Gasteiger partial charge in [0.2, 0.25) is 0 Å². The Labute approximate surface area is 157 Å². The van der Waals surface area contributed by atoms with Gasteiger partial charge in [-0.3, -0.25) is 0 Å². The second kappa shape index (κ2) is 6.76. The van der Waals surface area contributed by atoms with Gasteiger partial charge in [-0.1, -0.05) is 24.3 Å². The molecule has 2 aromatic carbocycles. The number of imidazole rings is 1. The highest BCUT2D eigenvalue weighted by molar-refractivity contribution is 5.70. The summed E-state index contributed by atoms with van der Waals surface area (Å²) in [7, 11) is 0. The molecule has 0 atom stereocenters. The van der Waals surface area contributed by atoms with Crippen LogP contribution in [0.25, 0.3) is 28.0 Å². The number of pyridine rings is 1. The molecule has 0 aliphatic rings. The van der Waals surface area contributed by atoms with Crippen molar-refractivity contribution >= 4 is 5.65 Å². The zero-order chi connectivity index (χ0) is 19.9. The fourth-order valence-corrected chi connectivity index (χ4v) is 3.11. The Morgan fingerprint density at radius 1 is 0.893 bits per heavy atom. The quantitative estimate of drug-likeness (QED) is 0.484. The molecule has 142 valence electrons. The van der Waals surface area contributed by atoms with Gasteiger partial charge in [0.15, 0.2) is 0 Å². The van der Waals surface area contributed by atoms with E-state index < -0.39 is 24.2 Å². The van der Waals surface area contributed by atoms with Gasteiger partial charge in [0.05, 0.1) is 17.9 Å². The minimum atomic E-state index is -4.39. The fraction of sp³-hybridized carbons (Fsp3) is 0.0952. The monoisotopic (exact) mass is 386 g/mol. The van der Waals surface area contributed by atoms with E-state index >= 15 is 0 Å². The molecule has 0 bridgehead atoms. The first-order chi connectivity index (χ1) is 13.4. The third-order valence-corrected chi connectivity index (χ3v) is 4.55. The number of benzene rings is 2. The van der Waals surface area contributed by atoms with Crippen LogP contribution in [0.4, 0.5) is 17.6 Å². The van der Waals surface area contributed by atoms with Crippen LogP contribution in [0, 0.1) is 5.82 Å². The van der Waals surface area contributed by atoms with Crippen molar-refractivity contribution in [3.05, 3.63) is 83.9 Å². The molecule has 4 rings (SSSR count). The summed E-state index contributed by atoms with van der Waals surface area (Å²) in [5, 5.41) is 9.47. The Balaban J connectivity index is 1.74. The minimum Gasteiger partial charge on any atom is -0.392 e. The van der Waals surface area contributed by atoms with E-state index in [1.165, 1.54) is 18.2 Å². The molecular formula is C21H14F4N2O. The van der Waals surface area contributed by atoms with Gasteiger partial charge in [-0.2, -0.15) is 13.2 Å². The third-order valence-electron chi connectivity index (χ3n) is 4.55. The first-order valence-corrected chi connectivity index (χ1v) is 8.42. The SMILES string of the molecule is OCc1c(F)cccc1-c1ccc2nc(-c3ccc(C(F)(F)F)cc3)cn2c1. The lowest BCUT2D eigenvalue weighted by molar-refractivity contribution is -0.137. The fourth-order valence-electron chi connectivity index (χ4n) is 3.11. The number of aromatic nitrogens is 2. The zero-order valence-corrected chi connectivity index (χ0v) is 14.4. The van der Waals surface area contributed by atoms with Gasteiger partial charge < -0.3 is 9.51 Å². The van der Waals surface area contributed by atoms with Crippen LogP contribution < -0.4 is 0 Å². The molecule has 0 fully saturated rings. The van der Waals surface area contributed by atoms with E-state index in [-0.39, 0.29) is 5.56 Å². The number of fused-ring (bicyclic) bond motifs is 1. The van der Waals surface area contributed by atoms with E-state index in [4.69, 9.17) is 0 Å². The maximum atomic E-state index is 13.9. The molecule has 0 saturated heterocycles. The van der Waals surface area contributed by atoms with Crippen LogP contribution in [0.1, 0.15) is 11.1 Å². The number of nitrogens with zero attached hydrogens (tertiary/aromatic N) is 2. The molecule has 0 unspecified atom stereocenters. The van der Waals surface area contributed by atoms with Crippen molar-refractivity contribution in [2.24, 2.45) is 0 Å². The summed E-state index contributed by atoms with van der Waals surface area (Å²) >= 11 is 0. The predicted molar refractivity (Wildman–Crippen MR) is 96.9 cm³/mol. The number of hydrogen-bond donors (Lipinski definition) is 1. The minimum absolute atomic E-state index is 0.199. The third kappa shape index (κ3) is 3.25. The van der Waals surface area contributed by atoms with Gasteiger partial charge in [-0.25, -0.2) is 9.37 Å². The van der Waals surface area contributed by atoms with Crippen LogP contribution >= 0.6 is 0 Å². The van der Waals surface area contributed by atoms with E-state index in [1.54, 1.807) is 41.1 Å². The number of alkyl halides is 3. The maximum absolute atomic E-state index is 13.9. The van der Waals surface area contributed by atoms with Crippen LogP contribution in [0.15, 0.2) is 67.0 Å². The molecule has 0 amide bonds. The highest BCUT2D eigenvalue weighted by atomic mass is 19.4. The topological polar surface area (TPSA) is 37.5 Å². The molecule has 2 heterocycles. The van der Waals surface area contributed by atoms with Crippen molar-refractivity contribution in [3.63, 3.8) is 0 Å². The van der Waals surface area contributed by atoms with E-state index in [9.17, 15) is 22.7 Å². The lowest BCUT2D eigenvalue weighted by atomic mass is 10.0. The number of rotatable bonds is 3. The molecule has 0 saturated carbocycles. The number of halogens is 4. The molecule has 0 spiro atoms. The van der Waals surface area contributed by atoms with E-state index in [1.807, 2.05) is 0 Å². The van der Waals surface area contributed by atoms with Crippen LogP contribution in [-0.2, 0) is 12.8 Å². The molecule has 3 nitrogen and oxygen atoms in total. The van der Waals surface area contributed by atoms with Gasteiger partial charge in [-0.15, -0.1) is 0 Å². The van der Waals surface area contributed by atoms with Crippen LogP contribution in [-0.4, -0.2) is 14.5 Å². The van der Waals surface area contributed by atoms with Gasteiger partial charge in [0, 0.05) is 23.5 Å². The summed E-state index contributed by atoms with van der Waals surface area (Å²) in [5.41, 5.74) is 2.41. The standard InChI is InChI=1S/C21H14F4N2O/c22-18-3-1-2-16(17(18)12-28)14-6-9-20-26-19(11-27(20)10-14)13-4-7-15(8-5-13)21(23,24)25/h1-11,28H,12H2. The summed E-state index contributed by atoms with van der Waals surface area (Å²) in [6.07, 6.45) is -0.953. The average molecular weight is 386 g/mol. The second-order valence-electron chi connectivity index (χ2n) is 6.31. The highest BCUT2D eigenvalue weighted by Gasteiger charge is 2.30. The van der Waals surface area contributed by atoms with Crippen molar-refractivity contribution in [2.45, 2.75) is 12.8 Å². The predicted octanol–water partition coefficient (Wildman–Crippen LogP) is 5.32. The molecule has 1 N–H and O–H groups in total. The summed E-state index contributed by atoms with van der Waals surface area (Å²) < 4.78 is 53.8. The Hall–Kier alpha value is -3.19. The van der Waals surface area contributed by atoms with Gasteiger partial charge in [-0.05, 0) is 41.5 Å². The van der Waals surface area contributed by atoms with E-state index in [0.29, 0.717) is 28.0 Å². The van der Waals surface area contributed by atoms with Crippen molar-refractivity contribution in [3.8, 4) is 22.4 Å². The van der Waals surface area contributed by atoms with Gasteiger partial charge in [0.25, 0.3) is 0 Å². The molecule has 28 heavy (non-hydrogen) atoms. The van der Waals surface area contributed by atoms with Gasteiger partial charge >= 0.3 is 6.18 Å². The summed E-state index contributed by atoms with van der Waals surface area (Å²) in [5.74, 6) is -0.490. The van der Waals surface area contributed by atoms with Crippen LogP contribution in [0.5, 0.6) is 0 Å². The summed E-state index contributed by atoms with van der Waals surface area (Å²) in [4.78, 5) is 4.43. The van der Waals surface area contributed by atoms with Crippen molar-refractivity contribution in [2.75, 3.05) is 0 Å². The summed E-state index contributed by atoms with van der Waals surface area (Å²) in [6.45, 7) is -0.430. The van der Waals surface area contributed by atoms with Crippen molar-refractivity contribution in [1.82, 2.24) is 9.38 Å². The lowest BCUT2D eigenvalue weighted by Crippen LogP contribution is -2.03. The zero-order valence-electron chi connectivity index (χ0n) is 14.4. The van der Waals surface area contributed by atoms with Crippen LogP contribution in [0.3, 0.4) is 0 Å². The largest absolute Gasteiger partial charge is 0.416 e. The molecule has 0 radical (unpaired) electrons. The second-order valence-corrected chi connectivity index (χ2v) is 6.31. The van der Waals surface area contributed by atoms with E-state index in [0.717, 1.165) is 12.1 Å². The van der Waals surface area contributed by atoms with Crippen LogP contribution in [0.2, 0.25) is 0 Å². The first kappa shape index (κ1) is 18.2. The molecule has 7 heteroatoms. The summed E-state index contributed by atoms with van der Waals surface area (Å²) in [6, 6.07) is 12.8. The number of aliphatic hydroxyl groups excluding tert-OH is 1. The molecular weight excluding hydrogens is 372 g/mol. The first-order valence-electron chi connectivity index (χ1n) is 8.42. The number of hydrogen-bond acceptors (Lipinski definition) is 2. The smallest absolute Gasteiger partial charge is 0.392 e. The molecule has 0 aliphatic heterocycles. The number of aliphatic hydroxyl groups is 1. The molecule has 4 aromatic rings. The van der Waals surface area contributed by atoms with Gasteiger partial charge in [0.1, 0.15) is 11.5 Å². The molecule has 0 aliphatic carbocycles. The average Bonchev–Trinajstić information content (AvgIpc) is 3.10. The Morgan fingerprint density at radius 2 is 1.61 bits per heavy atom. The molecule has 2 aromatic heterocycles.